The topological polar surface area (TPSA) is 71.4 Å². The number of rotatable bonds is 8. The number of morpholine rings is 1. The zero-order valence-electron chi connectivity index (χ0n) is 20.0. The Kier molecular flexibility index (Phi) is 7.90. The standard InChI is InChI=1S/C27H26Cl2FN5O2/c28-23-3-1-4-24(29)26(23)33-21-5-6-25-19(14-21)17-32-35(25)22-15-18(13-20(30)16-22)27(36)31-7-2-8-34-9-11-37-12-10-34/h1,3-6,13-17,33H,2,7-12H2,(H,31,36). The Morgan fingerprint density at radius 3 is 2.62 bits per heavy atom. The molecule has 5 rings (SSSR count). The smallest absolute Gasteiger partial charge is 0.251 e. The van der Waals surface area contributed by atoms with Crippen molar-refractivity contribution < 1.29 is 13.9 Å². The quantitative estimate of drug-likeness (QED) is 0.281. The van der Waals surface area contributed by atoms with Crippen LogP contribution in [0.25, 0.3) is 16.6 Å². The number of carbonyl (C=O) groups excluding carboxylic acids is 1. The molecule has 0 aliphatic carbocycles. The number of nitrogens with zero attached hydrogens (tertiary/aromatic N) is 3. The van der Waals surface area contributed by atoms with Gasteiger partial charge in [-0.15, -0.1) is 0 Å². The number of hydrogen-bond acceptors (Lipinski definition) is 5. The maximum atomic E-state index is 14.5. The second-order valence-electron chi connectivity index (χ2n) is 8.81. The van der Waals surface area contributed by atoms with Crippen molar-refractivity contribution in [3.63, 3.8) is 0 Å². The summed E-state index contributed by atoms with van der Waals surface area (Å²) in [5, 5.41) is 12.4. The summed E-state index contributed by atoms with van der Waals surface area (Å²) in [4.78, 5) is 15.0. The minimum Gasteiger partial charge on any atom is -0.379 e. The van der Waals surface area contributed by atoms with Crippen molar-refractivity contribution in [1.82, 2.24) is 20.0 Å². The van der Waals surface area contributed by atoms with Crippen molar-refractivity contribution >= 4 is 51.4 Å². The highest BCUT2D eigenvalue weighted by atomic mass is 35.5. The lowest BCUT2D eigenvalue weighted by molar-refractivity contribution is 0.0374. The molecule has 1 fully saturated rings. The first-order valence-corrected chi connectivity index (χ1v) is 12.8. The van der Waals surface area contributed by atoms with E-state index >= 15 is 0 Å². The lowest BCUT2D eigenvalue weighted by Crippen LogP contribution is -2.38. The summed E-state index contributed by atoms with van der Waals surface area (Å²) in [7, 11) is 0. The first kappa shape index (κ1) is 25.5. The Bertz CT molecular complexity index is 1400. The number of benzene rings is 3. The van der Waals surface area contributed by atoms with Crippen molar-refractivity contribution in [3.8, 4) is 5.69 Å². The predicted molar refractivity (Wildman–Crippen MR) is 145 cm³/mol. The summed E-state index contributed by atoms with van der Waals surface area (Å²) in [6.45, 7) is 4.70. The first-order valence-electron chi connectivity index (χ1n) is 12.1. The van der Waals surface area contributed by atoms with E-state index in [1.165, 1.54) is 12.1 Å². The van der Waals surface area contributed by atoms with E-state index in [2.05, 4.69) is 20.6 Å². The third-order valence-electron chi connectivity index (χ3n) is 6.23. The molecule has 4 aromatic rings. The maximum Gasteiger partial charge on any atom is 0.251 e. The highest BCUT2D eigenvalue weighted by molar-refractivity contribution is 6.39. The normalized spacial score (nSPS) is 14.1. The summed E-state index contributed by atoms with van der Waals surface area (Å²) in [6, 6.07) is 15.2. The fourth-order valence-corrected chi connectivity index (χ4v) is 4.83. The molecule has 0 bridgehead atoms. The van der Waals surface area contributed by atoms with Crippen LogP contribution >= 0.6 is 23.2 Å². The third-order valence-corrected chi connectivity index (χ3v) is 6.86. The number of ether oxygens (including phenoxy) is 1. The van der Waals surface area contributed by atoms with Gasteiger partial charge in [-0.25, -0.2) is 9.07 Å². The molecule has 0 radical (unpaired) electrons. The highest BCUT2D eigenvalue weighted by Crippen LogP contribution is 2.33. The predicted octanol–water partition coefficient (Wildman–Crippen LogP) is 5.67. The van der Waals surface area contributed by atoms with Gasteiger partial charge in [0.05, 0.1) is 46.3 Å². The van der Waals surface area contributed by atoms with Gasteiger partial charge in [-0.05, 0) is 61.5 Å². The monoisotopic (exact) mass is 541 g/mol. The minimum atomic E-state index is -0.508. The van der Waals surface area contributed by atoms with Gasteiger partial charge in [0.2, 0.25) is 0 Å². The molecule has 192 valence electrons. The Morgan fingerprint density at radius 2 is 1.84 bits per heavy atom. The van der Waals surface area contributed by atoms with Crippen LogP contribution < -0.4 is 10.6 Å². The van der Waals surface area contributed by atoms with E-state index in [9.17, 15) is 9.18 Å². The molecule has 2 N–H and O–H groups in total. The zero-order valence-corrected chi connectivity index (χ0v) is 21.5. The molecular formula is C27H26Cl2FN5O2. The van der Waals surface area contributed by atoms with Crippen LogP contribution in [0, 0.1) is 5.82 Å². The van der Waals surface area contributed by atoms with Gasteiger partial charge in [-0.3, -0.25) is 9.69 Å². The van der Waals surface area contributed by atoms with Crippen molar-refractivity contribution in [2.24, 2.45) is 0 Å². The van der Waals surface area contributed by atoms with Crippen molar-refractivity contribution in [2.75, 3.05) is 44.7 Å². The molecule has 1 saturated heterocycles. The summed E-state index contributed by atoms with van der Waals surface area (Å²) in [5.41, 5.74) is 2.86. The molecule has 1 amide bonds. The second kappa shape index (κ2) is 11.5. The van der Waals surface area contributed by atoms with Crippen LogP contribution in [0.4, 0.5) is 15.8 Å². The minimum absolute atomic E-state index is 0.247. The number of amides is 1. The van der Waals surface area contributed by atoms with Gasteiger partial charge in [-0.2, -0.15) is 5.10 Å². The van der Waals surface area contributed by atoms with E-state index in [1.54, 1.807) is 35.1 Å². The summed E-state index contributed by atoms with van der Waals surface area (Å²) >= 11 is 12.5. The lowest BCUT2D eigenvalue weighted by Gasteiger charge is -2.26. The maximum absolute atomic E-state index is 14.5. The number of nitrogens with one attached hydrogen (secondary N) is 2. The second-order valence-corrected chi connectivity index (χ2v) is 9.63. The molecular weight excluding hydrogens is 516 g/mol. The summed E-state index contributed by atoms with van der Waals surface area (Å²) < 4.78 is 21.5. The number of anilines is 2. The number of carbonyl (C=O) groups is 1. The van der Waals surface area contributed by atoms with Gasteiger partial charge in [-0.1, -0.05) is 29.3 Å². The average molecular weight is 542 g/mol. The molecule has 1 aromatic heterocycles. The Hall–Kier alpha value is -3.17. The molecule has 2 heterocycles. The van der Waals surface area contributed by atoms with Crippen LogP contribution in [-0.2, 0) is 4.74 Å². The fraction of sp³-hybridized carbons (Fsp3) is 0.259. The van der Waals surface area contributed by atoms with E-state index in [4.69, 9.17) is 27.9 Å². The molecule has 10 heteroatoms. The van der Waals surface area contributed by atoms with E-state index in [0.717, 1.165) is 55.9 Å². The Morgan fingerprint density at radius 1 is 1.05 bits per heavy atom. The van der Waals surface area contributed by atoms with Crippen molar-refractivity contribution in [2.45, 2.75) is 6.42 Å². The first-order chi connectivity index (χ1) is 18.0. The lowest BCUT2D eigenvalue weighted by atomic mass is 10.1. The van der Waals surface area contributed by atoms with Crippen LogP contribution in [0.1, 0.15) is 16.8 Å². The van der Waals surface area contributed by atoms with Gasteiger partial charge < -0.3 is 15.4 Å². The van der Waals surface area contributed by atoms with Gasteiger partial charge in [0.25, 0.3) is 5.91 Å². The largest absolute Gasteiger partial charge is 0.379 e. The number of hydrogen-bond donors (Lipinski definition) is 2. The van der Waals surface area contributed by atoms with E-state index in [1.807, 2.05) is 18.2 Å². The van der Waals surface area contributed by atoms with E-state index < -0.39 is 5.82 Å². The SMILES string of the molecule is O=C(NCCCN1CCOCC1)c1cc(F)cc(-n2ncc3cc(Nc4c(Cl)cccc4Cl)ccc32)c1. The van der Waals surface area contributed by atoms with Gasteiger partial charge in [0.1, 0.15) is 5.82 Å². The molecule has 0 spiro atoms. The highest BCUT2D eigenvalue weighted by Gasteiger charge is 2.14. The van der Waals surface area contributed by atoms with E-state index in [0.29, 0.717) is 28.0 Å². The van der Waals surface area contributed by atoms with Crippen LogP contribution in [0.2, 0.25) is 10.0 Å². The zero-order chi connectivity index (χ0) is 25.8. The van der Waals surface area contributed by atoms with Crippen LogP contribution in [-0.4, -0.2) is 60.0 Å². The number of aromatic nitrogens is 2. The summed E-state index contributed by atoms with van der Waals surface area (Å²) in [6.07, 6.45) is 2.50. The Balaban J connectivity index is 1.29. The Labute approximate surface area is 224 Å². The average Bonchev–Trinajstić information content (AvgIpc) is 3.32. The molecule has 0 atom stereocenters. The number of halogens is 3. The van der Waals surface area contributed by atoms with Crippen LogP contribution in [0.5, 0.6) is 0 Å². The van der Waals surface area contributed by atoms with Crippen molar-refractivity contribution in [3.05, 3.63) is 82.2 Å². The van der Waals surface area contributed by atoms with Crippen LogP contribution in [0.3, 0.4) is 0 Å². The van der Waals surface area contributed by atoms with Gasteiger partial charge in [0.15, 0.2) is 0 Å². The fourth-order valence-electron chi connectivity index (χ4n) is 4.34. The number of fused-ring (bicyclic) bond motifs is 1. The van der Waals surface area contributed by atoms with Crippen molar-refractivity contribution in [1.29, 1.82) is 0 Å². The van der Waals surface area contributed by atoms with Crippen LogP contribution in [0.15, 0.2) is 60.8 Å². The van der Waals surface area contributed by atoms with Gasteiger partial charge in [0, 0.05) is 36.3 Å². The van der Waals surface area contributed by atoms with E-state index in [-0.39, 0.29) is 11.5 Å². The number of para-hydroxylation sites is 1. The third kappa shape index (κ3) is 6.05. The summed E-state index contributed by atoms with van der Waals surface area (Å²) in [5.74, 6) is -0.825. The molecule has 1 aliphatic heterocycles. The molecule has 3 aromatic carbocycles. The molecule has 37 heavy (non-hydrogen) atoms. The molecule has 0 saturated carbocycles. The molecule has 1 aliphatic rings. The van der Waals surface area contributed by atoms with Gasteiger partial charge >= 0.3 is 0 Å². The molecule has 0 unspecified atom stereocenters. The molecule has 7 nitrogen and oxygen atoms in total.